The third kappa shape index (κ3) is 3.05. The maximum atomic E-state index is 12.3. The summed E-state index contributed by atoms with van der Waals surface area (Å²) in [7, 11) is -3.85. The first-order valence-corrected chi connectivity index (χ1v) is 7.90. The molecule has 0 amide bonds. The molecule has 0 N–H and O–H groups in total. The van der Waals surface area contributed by atoms with Crippen LogP contribution in [0.3, 0.4) is 0 Å². The Morgan fingerprint density at radius 2 is 1.55 bits per heavy atom. The van der Waals surface area contributed by atoms with E-state index in [2.05, 4.69) is 6.58 Å². The van der Waals surface area contributed by atoms with E-state index in [9.17, 15) is 8.42 Å². The van der Waals surface area contributed by atoms with E-state index in [1.807, 2.05) is 42.5 Å². The van der Waals surface area contributed by atoms with Gasteiger partial charge in [0.05, 0.1) is 0 Å². The summed E-state index contributed by atoms with van der Waals surface area (Å²) in [6.45, 7) is 5.01. The third-order valence-corrected chi connectivity index (χ3v) is 4.63. The van der Waals surface area contributed by atoms with Crippen LogP contribution in [0.1, 0.15) is 6.92 Å². The first-order chi connectivity index (χ1) is 9.97. The zero-order chi connectivity index (χ0) is 15.0. The smallest absolute Gasteiger partial charge is 0.339 e. The van der Waals surface area contributed by atoms with Gasteiger partial charge in [-0.15, -0.1) is 0 Å². The van der Waals surface area contributed by atoms with Crippen molar-refractivity contribution < 1.29 is 12.6 Å². The van der Waals surface area contributed by atoms with Crippen LogP contribution in [0.15, 0.2) is 71.8 Å². The van der Waals surface area contributed by atoms with E-state index < -0.39 is 10.1 Å². The molecule has 3 rings (SSSR count). The predicted molar refractivity (Wildman–Crippen MR) is 90.3 cm³/mol. The Morgan fingerprint density at radius 1 is 0.955 bits per heavy atom. The van der Waals surface area contributed by atoms with Crippen molar-refractivity contribution in [3.8, 4) is 0 Å². The van der Waals surface area contributed by atoms with Crippen molar-refractivity contribution in [3.05, 3.63) is 66.9 Å². The van der Waals surface area contributed by atoms with E-state index in [1.165, 1.54) is 6.92 Å². The van der Waals surface area contributed by atoms with Crippen LogP contribution in [0.2, 0.25) is 0 Å². The van der Waals surface area contributed by atoms with Crippen molar-refractivity contribution in [3.63, 3.8) is 0 Å². The Hall–Kier alpha value is -1.73. The maximum Gasteiger partial charge on any atom is 0.339 e. The third-order valence-electron chi connectivity index (χ3n) is 3.23. The number of allylic oxidation sites excluding steroid dienone is 1. The molecule has 0 saturated heterocycles. The Bertz CT molecular complexity index is 962. The van der Waals surface area contributed by atoms with Gasteiger partial charge in [0.2, 0.25) is 0 Å². The Labute approximate surface area is 141 Å². The van der Waals surface area contributed by atoms with Crippen molar-refractivity contribution in [1.82, 2.24) is 0 Å². The van der Waals surface area contributed by atoms with Crippen molar-refractivity contribution in [1.29, 1.82) is 0 Å². The van der Waals surface area contributed by atoms with Crippen LogP contribution in [0.5, 0.6) is 0 Å². The molecule has 0 bridgehead atoms. The van der Waals surface area contributed by atoms with Gasteiger partial charge in [-0.2, -0.15) is 8.42 Å². The SMILES string of the molecule is C=C(C)OS(=O)(=O)c1cccc2cc3ccccc3cc12.[Li]. The summed E-state index contributed by atoms with van der Waals surface area (Å²) in [6, 6.07) is 16.8. The fraction of sp³-hybridized carbons (Fsp3) is 0.0588. The summed E-state index contributed by atoms with van der Waals surface area (Å²) in [5.74, 6) is 0.146. The Kier molecular flexibility index (Phi) is 4.67. The summed E-state index contributed by atoms with van der Waals surface area (Å²) in [5, 5.41) is 3.57. The van der Waals surface area contributed by atoms with Gasteiger partial charge in [0.1, 0.15) is 10.7 Å². The topological polar surface area (TPSA) is 43.4 Å². The molecule has 107 valence electrons. The second kappa shape index (κ2) is 6.18. The Balaban J connectivity index is 0.00000176. The van der Waals surface area contributed by atoms with Crippen LogP contribution in [0.4, 0.5) is 0 Å². The molecule has 0 atom stereocenters. The van der Waals surface area contributed by atoms with E-state index in [1.54, 1.807) is 12.1 Å². The molecule has 0 unspecified atom stereocenters. The van der Waals surface area contributed by atoms with Crippen molar-refractivity contribution in [2.24, 2.45) is 0 Å². The fourth-order valence-electron chi connectivity index (χ4n) is 2.39. The monoisotopic (exact) mass is 305 g/mol. The molecule has 0 spiro atoms. The molecule has 5 heteroatoms. The molecule has 0 heterocycles. The predicted octanol–water partition coefficient (Wildman–Crippen LogP) is 3.85. The molecular weight excluding hydrogens is 291 g/mol. The fourth-order valence-corrected chi connectivity index (χ4v) is 3.54. The van der Waals surface area contributed by atoms with Crippen molar-refractivity contribution in [2.45, 2.75) is 11.8 Å². The van der Waals surface area contributed by atoms with Gasteiger partial charge in [0.15, 0.2) is 0 Å². The van der Waals surface area contributed by atoms with Gasteiger partial charge in [-0.1, -0.05) is 43.0 Å². The molecule has 1 radical (unpaired) electrons. The van der Waals surface area contributed by atoms with Gasteiger partial charge in [-0.25, -0.2) is 0 Å². The number of rotatable bonds is 3. The number of hydrogen-bond donors (Lipinski definition) is 0. The Morgan fingerprint density at radius 3 is 2.18 bits per heavy atom. The second-order valence-corrected chi connectivity index (χ2v) is 6.43. The average Bonchev–Trinajstić information content (AvgIpc) is 2.43. The second-order valence-electron chi connectivity index (χ2n) is 4.92. The van der Waals surface area contributed by atoms with Crippen molar-refractivity contribution in [2.75, 3.05) is 0 Å². The molecule has 3 aromatic rings. The summed E-state index contributed by atoms with van der Waals surface area (Å²) >= 11 is 0. The molecule has 0 fully saturated rings. The zero-order valence-electron chi connectivity index (χ0n) is 12.5. The molecule has 0 aromatic heterocycles. The van der Waals surface area contributed by atoms with Gasteiger partial charge >= 0.3 is 10.1 Å². The van der Waals surface area contributed by atoms with Crippen molar-refractivity contribution >= 4 is 50.5 Å². The van der Waals surface area contributed by atoms with Gasteiger partial charge in [-0.05, 0) is 41.3 Å². The number of hydrogen-bond acceptors (Lipinski definition) is 3. The van der Waals surface area contributed by atoms with Gasteiger partial charge in [0.25, 0.3) is 0 Å². The van der Waals surface area contributed by atoms with Crippen LogP contribution in [0, 0.1) is 0 Å². The van der Waals surface area contributed by atoms with E-state index in [4.69, 9.17) is 4.18 Å². The molecule has 0 aliphatic carbocycles. The number of fused-ring (bicyclic) bond motifs is 2. The molecule has 0 aliphatic rings. The van der Waals surface area contributed by atoms with Gasteiger partial charge < -0.3 is 4.18 Å². The van der Waals surface area contributed by atoms with Crippen LogP contribution < -0.4 is 0 Å². The minimum absolute atomic E-state index is 0. The first kappa shape index (κ1) is 16.6. The first-order valence-electron chi connectivity index (χ1n) is 6.49. The minimum Gasteiger partial charge on any atom is -0.384 e. The van der Waals surface area contributed by atoms with E-state index in [-0.39, 0.29) is 29.5 Å². The van der Waals surface area contributed by atoms with Gasteiger partial charge in [-0.3, -0.25) is 0 Å². The van der Waals surface area contributed by atoms with Crippen LogP contribution in [-0.2, 0) is 14.3 Å². The molecule has 3 nitrogen and oxygen atoms in total. The standard InChI is InChI=1S/C17H14O3S.Li/c1-12(2)20-21(18,19)17-9-5-8-15-10-13-6-3-4-7-14(13)11-16(15)17;/h3-11H,1H2,2H3;. The molecule has 22 heavy (non-hydrogen) atoms. The minimum atomic E-state index is -3.85. The molecule has 0 aliphatic heterocycles. The van der Waals surface area contributed by atoms with E-state index in [0.29, 0.717) is 5.39 Å². The maximum absolute atomic E-state index is 12.3. The quantitative estimate of drug-likeness (QED) is 0.319. The van der Waals surface area contributed by atoms with E-state index in [0.717, 1.165) is 16.2 Å². The average molecular weight is 305 g/mol. The molecule has 3 aromatic carbocycles. The summed E-state index contributed by atoms with van der Waals surface area (Å²) in [5.41, 5.74) is 0. The van der Waals surface area contributed by atoms with Crippen LogP contribution in [0.25, 0.3) is 21.5 Å². The summed E-state index contributed by atoms with van der Waals surface area (Å²) in [4.78, 5) is 0.161. The molecular formula is C17H14LiO3S. The summed E-state index contributed by atoms with van der Waals surface area (Å²) < 4.78 is 29.5. The van der Waals surface area contributed by atoms with E-state index >= 15 is 0 Å². The van der Waals surface area contributed by atoms with Gasteiger partial charge in [0, 0.05) is 24.2 Å². The molecule has 0 saturated carbocycles. The van der Waals surface area contributed by atoms with Crippen LogP contribution in [-0.4, -0.2) is 27.3 Å². The number of benzene rings is 3. The normalized spacial score (nSPS) is 11.1. The zero-order valence-corrected chi connectivity index (χ0v) is 13.4. The summed E-state index contributed by atoms with van der Waals surface area (Å²) in [6.07, 6.45) is 0. The van der Waals surface area contributed by atoms with Crippen LogP contribution >= 0.6 is 0 Å². The largest absolute Gasteiger partial charge is 0.384 e.